The van der Waals surface area contributed by atoms with Crippen molar-refractivity contribution < 1.29 is 9.18 Å². The second-order valence-electron chi connectivity index (χ2n) is 5.30. The first-order valence-corrected chi connectivity index (χ1v) is 7.42. The predicted octanol–water partition coefficient (Wildman–Crippen LogP) is 3.60. The number of halogens is 1. The highest BCUT2D eigenvalue weighted by Gasteiger charge is 2.08. The van der Waals surface area contributed by atoms with Crippen LogP contribution in [0.5, 0.6) is 0 Å². The molecule has 0 spiro atoms. The first kappa shape index (κ1) is 16.0. The molecule has 4 heteroatoms. The molecule has 22 heavy (non-hydrogen) atoms. The number of nitrogens with one attached hydrogen (secondary N) is 1. The number of carbonyl (C=O) groups is 1. The molecule has 0 saturated carbocycles. The maximum Gasteiger partial charge on any atom is 0.317 e. The second kappa shape index (κ2) is 8.17. The monoisotopic (exact) mass is 300 g/mol. The van der Waals surface area contributed by atoms with Crippen LogP contribution in [0.15, 0.2) is 54.6 Å². The van der Waals surface area contributed by atoms with Crippen molar-refractivity contribution in [1.82, 2.24) is 10.2 Å². The molecule has 3 nitrogen and oxygen atoms in total. The summed E-state index contributed by atoms with van der Waals surface area (Å²) in [7, 11) is 1.73. The van der Waals surface area contributed by atoms with Crippen molar-refractivity contribution in [2.75, 3.05) is 13.6 Å². The van der Waals surface area contributed by atoms with E-state index in [4.69, 9.17) is 0 Å². The minimum atomic E-state index is -0.267. The number of rotatable bonds is 6. The molecule has 2 aromatic carbocycles. The number of hydrogen-bond acceptors (Lipinski definition) is 1. The molecule has 0 atom stereocenters. The van der Waals surface area contributed by atoms with E-state index < -0.39 is 0 Å². The average molecular weight is 300 g/mol. The Morgan fingerprint density at radius 1 is 1.05 bits per heavy atom. The van der Waals surface area contributed by atoms with Gasteiger partial charge in [-0.25, -0.2) is 9.18 Å². The van der Waals surface area contributed by atoms with Gasteiger partial charge >= 0.3 is 6.03 Å². The van der Waals surface area contributed by atoms with Gasteiger partial charge in [0.15, 0.2) is 0 Å². The van der Waals surface area contributed by atoms with Crippen LogP contribution >= 0.6 is 0 Å². The molecule has 116 valence electrons. The molecular weight excluding hydrogens is 279 g/mol. The quantitative estimate of drug-likeness (QED) is 0.812. The minimum absolute atomic E-state index is 0.114. The first-order chi connectivity index (χ1) is 10.6. The van der Waals surface area contributed by atoms with Gasteiger partial charge in [-0.15, -0.1) is 0 Å². The SMILES string of the molecule is CN(Cc1ccc(F)cc1)C(=O)NCCCc1ccccc1. The van der Waals surface area contributed by atoms with E-state index in [0.717, 1.165) is 18.4 Å². The van der Waals surface area contributed by atoms with Gasteiger partial charge in [0.25, 0.3) is 0 Å². The lowest BCUT2D eigenvalue weighted by atomic mass is 10.1. The molecule has 0 saturated heterocycles. The normalized spacial score (nSPS) is 10.3. The lowest BCUT2D eigenvalue weighted by Gasteiger charge is -2.18. The Morgan fingerprint density at radius 3 is 2.41 bits per heavy atom. The Hall–Kier alpha value is -2.36. The fraction of sp³-hybridized carbons (Fsp3) is 0.278. The first-order valence-electron chi connectivity index (χ1n) is 7.42. The zero-order valence-electron chi connectivity index (χ0n) is 12.8. The van der Waals surface area contributed by atoms with Gasteiger partial charge in [-0.1, -0.05) is 42.5 Å². The van der Waals surface area contributed by atoms with Gasteiger partial charge in [0.05, 0.1) is 0 Å². The van der Waals surface area contributed by atoms with Crippen LogP contribution in [0.4, 0.5) is 9.18 Å². The standard InChI is InChI=1S/C18H21FN2O/c1-21(14-16-9-11-17(19)12-10-16)18(22)20-13-5-8-15-6-3-2-4-7-15/h2-4,6-7,9-12H,5,8,13-14H2,1H3,(H,20,22). The van der Waals surface area contributed by atoms with Crippen LogP contribution in [0.25, 0.3) is 0 Å². The molecule has 1 N–H and O–H groups in total. The van der Waals surface area contributed by atoms with Gasteiger partial charge in [-0.2, -0.15) is 0 Å². The van der Waals surface area contributed by atoms with Crippen molar-refractivity contribution in [3.8, 4) is 0 Å². The third kappa shape index (κ3) is 5.20. The molecule has 0 heterocycles. The summed E-state index contributed by atoms with van der Waals surface area (Å²) in [4.78, 5) is 13.6. The van der Waals surface area contributed by atoms with E-state index in [2.05, 4.69) is 17.4 Å². The molecule has 0 aliphatic carbocycles. The summed E-state index contributed by atoms with van der Waals surface area (Å²) in [5, 5.41) is 2.90. The number of nitrogens with zero attached hydrogens (tertiary/aromatic N) is 1. The van der Waals surface area contributed by atoms with Gasteiger partial charge in [0.2, 0.25) is 0 Å². The summed E-state index contributed by atoms with van der Waals surface area (Å²) < 4.78 is 12.8. The summed E-state index contributed by atoms with van der Waals surface area (Å²) in [6.07, 6.45) is 1.85. The summed E-state index contributed by atoms with van der Waals surface area (Å²) in [6.45, 7) is 1.10. The van der Waals surface area contributed by atoms with Crippen molar-refractivity contribution in [1.29, 1.82) is 0 Å². The zero-order valence-corrected chi connectivity index (χ0v) is 12.8. The predicted molar refractivity (Wildman–Crippen MR) is 86.0 cm³/mol. The van der Waals surface area contributed by atoms with Gasteiger partial charge in [0, 0.05) is 20.1 Å². The minimum Gasteiger partial charge on any atom is -0.338 e. The maximum absolute atomic E-state index is 12.8. The highest BCUT2D eigenvalue weighted by atomic mass is 19.1. The van der Waals surface area contributed by atoms with Gasteiger partial charge in [-0.3, -0.25) is 0 Å². The topological polar surface area (TPSA) is 32.3 Å². The third-order valence-electron chi connectivity index (χ3n) is 3.44. The summed E-state index contributed by atoms with van der Waals surface area (Å²) in [6, 6.07) is 16.3. The summed E-state index contributed by atoms with van der Waals surface area (Å²) in [5.41, 5.74) is 2.18. The van der Waals surface area contributed by atoms with Crippen LogP contribution in [0.3, 0.4) is 0 Å². The molecule has 0 aliphatic heterocycles. The highest BCUT2D eigenvalue weighted by Crippen LogP contribution is 2.06. The van der Waals surface area contributed by atoms with E-state index in [1.165, 1.54) is 17.7 Å². The number of amides is 2. The maximum atomic E-state index is 12.8. The van der Waals surface area contributed by atoms with E-state index in [1.807, 2.05) is 18.2 Å². The van der Waals surface area contributed by atoms with E-state index >= 15 is 0 Å². The van der Waals surface area contributed by atoms with Gasteiger partial charge in [0.1, 0.15) is 5.82 Å². The number of aryl methyl sites for hydroxylation is 1. The Kier molecular flexibility index (Phi) is 5.95. The van der Waals surface area contributed by atoms with Crippen molar-refractivity contribution in [3.63, 3.8) is 0 Å². The number of benzene rings is 2. The van der Waals surface area contributed by atoms with E-state index in [9.17, 15) is 9.18 Å². The highest BCUT2D eigenvalue weighted by molar-refractivity contribution is 5.73. The largest absolute Gasteiger partial charge is 0.338 e. The number of carbonyl (C=O) groups excluding carboxylic acids is 1. The third-order valence-corrected chi connectivity index (χ3v) is 3.44. The van der Waals surface area contributed by atoms with Crippen LogP contribution in [0.1, 0.15) is 17.5 Å². The average Bonchev–Trinajstić information content (AvgIpc) is 2.54. The number of hydrogen-bond donors (Lipinski definition) is 1. The Morgan fingerprint density at radius 2 is 1.73 bits per heavy atom. The van der Waals surface area contributed by atoms with Crippen molar-refractivity contribution in [3.05, 3.63) is 71.5 Å². The molecule has 0 bridgehead atoms. The van der Waals surface area contributed by atoms with E-state index in [-0.39, 0.29) is 11.8 Å². The fourth-order valence-electron chi connectivity index (χ4n) is 2.20. The molecule has 0 radical (unpaired) electrons. The van der Waals surface area contributed by atoms with Crippen molar-refractivity contribution >= 4 is 6.03 Å². The van der Waals surface area contributed by atoms with Crippen LogP contribution in [0.2, 0.25) is 0 Å². The molecule has 2 rings (SSSR count). The molecule has 2 aromatic rings. The van der Waals surface area contributed by atoms with Gasteiger partial charge in [-0.05, 0) is 36.1 Å². The molecule has 0 aliphatic rings. The van der Waals surface area contributed by atoms with Crippen molar-refractivity contribution in [2.45, 2.75) is 19.4 Å². The fourth-order valence-corrected chi connectivity index (χ4v) is 2.20. The molecule has 0 unspecified atom stereocenters. The van der Waals surface area contributed by atoms with E-state index in [1.54, 1.807) is 24.1 Å². The summed E-state index contributed by atoms with van der Waals surface area (Å²) in [5.74, 6) is -0.267. The van der Waals surface area contributed by atoms with Crippen LogP contribution < -0.4 is 5.32 Å². The second-order valence-corrected chi connectivity index (χ2v) is 5.30. The van der Waals surface area contributed by atoms with E-state index in [0.29, 0.717) is 13.1 Å². The molecular formula is C18H21FN2O. The Balaban J connectivity index is 1.69. The van der Waals surface area contributed by atoms with Crippen molar-refractivity contribution in [2.24, 2.45) is 0 Å². The zero-order chi connectivity index (χ0) is 15.8. The van der Waals surface area contributed by atoms with Crippen LogP contribution in [-0.4, -0.2) is 24.5 Å². The van der Waals surface area contributed by atoms with Crippen LogP contribution in [-0.2, 0) is 13.0 Å². The number of urea groups is 1. The smallest absolute Gasteiger partial charge is 0.317 e. The molecule has 0 aromatic heterocycles. The van der Waals surface area contributed by atoms with Gasteiger partial charge < -0.3 is 10.2 Å². The molecule has 0 fully saturated rings. The lowest BCUT2D eigenvalue weighted by Crippen LogP contribution is -2.37. The Bertz CT molecular complexity index is 584. The molecule has 2 amide bonds. The summed E-state index contributed by atoms with van der Waals surface area (Å²) >= 11 is 0. The van der Waals surface area contributed by atoms with Crippen LogP contribution in [0, 0.1) is 5.82 Å². The Labute approximate surface area is 130 Å². The lowest BCUT2D eigenvalue weighted by molar-refractivity contribution is 0.207.